The molecule has 2 rings (SSSR count). The van der Waals surface area contributed by atoms with Crippen molar-refractivity contribution in [2.45, 2.75) is 38.8 Å². The first-order valence-corrected chi connectivity index (χ1v) is 7.73. The first-order chi connectivity index (χ1) is 10.2. The van der Waals surface area contributed by atoms with Gasteiger partial charge in [0.2, 0.25) is 5.91 Å². The average Bonchev–Trinajstić information content (AvgIpc) is 2.45. The molecule has 0 saturated heterocycles. The van der Waals surface area contributed by atoms with E-state index in [1.165, 1.54) is 0 Å². The molecule has 1 unspecified atom stereocenters. The van der Waals surface area contributed by atoms with Crippen LogP contribution in [0.15, 0.2) is 29.3 Å². The molecule has 22 heavy (non-hydrogen) atoms. The number of alkyl carbamates (subject to hydrolysis) is 1. The molecule has 2 N–H and O–H groups in total. The summed E-state index contributed by atoms with van der Waals surface area (Å²) in [6.45, 7) is 9.32. The Morgan fingerprint density at radius 3 is 2.77 bits per heavy atom. The van der Waals surface area contributed by atoms with Crippen LogP contribution in [0.25, 0.3) is 5.57 Å². The van der Waals surface area contributed by atoms with E-state index in [4.69, 9.17) is 4.74 Å². The van der Waals surface area contributed by atoms with Crippen LogP contribution in [0.3, 0.4) is 0 Å². The number of amides is 2. The summed E-state index contributed by atoms with van der Waals surface area (Å²) in [4.78, 5) is 24.2. The number of carbonyl (C=O) groups is 2. The van der Waals surface area contributed by atoms with Gasteiger partial charge in [0.1, 0.15) is 11.6 Å². The molecule has 1 aromatic carbocycles. The normalized spacial score (nSPS) is 18.1. The maximum atomic E-state index is 12.3. The molecule has 1 aliphatic rings. The van der Waals surface area contributed by atoms with Gasteiger partial charge < -0.3 is 15.4 Å². The summed E-state index contributed by atoms with van der Waals surface area (Å²) in [6, 6.07) is 4.87. The van der Waals surface area contributed by atoms with E-state index in [0.717, 1.165) is 15.6 Å². The fourth-order valence-electron chi connectivity index (χ4n) is 2.16. The van der Waals surface area contributed by atoms with Gasteiger partial charge >= 0.3 is 6.09 Å². The maximum absolute atomic E-state index is 12.3. The highest BCUT2D eigenvalue weighted by Crippen LogP contribution is 2.32. The molecule has 0 aliphatic carbocycles. The Morgan fingerprint density at radius 1 is 1.45 bits per heavy atom. The predicted molar refractivity (Wildman–Crippen MR) is 89.6 cm³/mol. The number of nitrogens with one attached hydrogen (secondary N) is 2. The summed E-state index contributed by atoms with van der Waals surface area (Å²) in [6.07, 6.45) is -0.285. The topological polar surface area (TPSA) is 67.4 Å². The molecule has 1 atom stereocenters. The van der Waals surface area contributed by atoms with E-state index in [1.807, 2.05) is 18.2 Å². The zero-order valence-corrected chi connectivity index (χ0v) is 14.4. The van der Waals surface area contributed by atoms with E-state index in [-0.39, 0.29) is 5.91 Å². The first kappa shape index (κ1) is 16.5. The lowest BCUT2D eigenvalue weighted by Crippen LogP contribution is -2.45. The molecular weight excluding hydrogens is 348 g/mol. The molecule has 0 saturated carbocycles. The van der Waals surface area contributed by atoms with Crippen molar-refractivity contribution in [1.29, 1.82) is 0 Å². The SMILES string of the molecule is C=C1CC(NC(=O)OC(C)(C)C)C(=O)Nc2cc(Br)ccc21. The Kier molecular flexibility index (Phi) is 4.60. The van der Waals surface area contributed by atoms with Gasteiger partial charge in [-0.2, -0.15) is 0 Å². The Labute approximate surface area is 138 Å². The predicted octanol–water partition coefficient (Wildman–Crippen LogP) is 3.70. The van der Waals surface area contributed by atoms with Gasteiger partial charge in [0.15, 0.2) is 0 Å². The number of anilines is 1. The van der Waals surface area contributed by atoms with Crippen molar-refractivity contribution >= 4 is 39.2 Å². The molecule has 0 radical (unpaired) electrons. The Bertz CT molecular complexity index is 635. The summed E-state index contributed by atoms with van der Waals surface area (Å²) < 4.78 is 6.05. The number of fused-ring (bicyclic) bond motifs is 1. The summed E-state index contributed by atoms with van der Waals surface area (Å²) in [5, 5.41) is 5.41. The summed E-state index contributed by atoms with van der Waals surface area (Å²) >= 11 is 3.37. The van der Waals surface area contributed by atoms with Crippen molar-refractivity contribution in [2.24, 2.45) is 0 Å². The number of hydrogen-bond donors (Lipinski definition) is 2. The average molecular weight is 367 g/mol. The van der Waals surface area contributed by atoms with Crippen LogP contribution in [0.5, 0.6) is 0 Å². The highest BCUT2D eigenvalue weighted by molar-refractivity contribution is 9.10. The molecule has 0 bridgehead atoms. The van der Waals surface area contributed by atoms with Crippen molar-refractivity contribution in [1.82, 2.24) is 5.32 Å². The minimum absolute atomic E-state index is 0.288. The van der Waals surface area contributed by atoms with Gasteiger partial charge in [-0.15, -0.1) is 0 Å². The monoisotopic (exact) mass is 366 g/mol. The van der Waals surface area contributed by atoms with Gasteiger partial charge in [0, 0.05) is 22.1 Å². The van der Waals surface area contributed by atoms with Gasteiger partial charge in [-0.25, -0.2) is 4.79 Å². The standard InChI is InChI=1S/C16H19BrN2O3/c1-9-7-13(19-15(21)22-16(2,3)4)14(20)18-12-8-10(17)5-6-11(9)12/h5-6,8,13H,1,7H2,2-4H3,(H,18,20)(H,19,21). The summed E-state index contributed by atoms with van der Waals surface area (Å²) in [5.41, 5.74) is 1.71. The zero-order valence-electron chi connectivity index (χ0n) is 12.8. The van der Waals surface area contributed by atoms with Crippen molar-refractivity contribution < 1.29 is 14.3 Å². The molecule has 5 nitrogen and oxygen atoms in total. The van der Waals surface area contributed by atoms with Crippen LogP contribution >= 0.6 is 15.9 Å². The smallest absolute Gasteiger partial charge is 0.408 e. The van der Waals surface area contributed by atoms with E-state index in [1.54, 1.807) is 20.8 Å². The molecule has 6 heteroatoms. The molecule has 1 heterocycles. The first-order valence-electron chi connectivity index (χ1n) is 6.94. The second kappa shape index (κ2) is 6.12. The third kappa shape index (κ3) is 4.10. The van der Waals surface area contributed by atoms with Crippen LogP contribution in [0.2, 0.25) is 0 Å². The van der Waals surface area contributed by atoms with Crippen LogP contribution in [0.1, 0.15) is 32.8 Å². The molecule has 1 aliphatic heterocycles. The summed E-state index contributed by atoms with van der Waals surface area (Å²) in [5.74, 6) is -0.288. The largest absolute Gasteiger partial charge is 0.444 e. The molecule has 0 fully saturated rings. The van der Waals surface area contributed by atoms with Crippen LogP contribution in [0.4, 0.5) is 10.5 Å². The quantitative estimate of drug-likeness (QED) is 0.796. The van der Waals surface area contributed by atoms with Gasteiger partial charge in [-0.3, -0.25) is 4.79 Å². The number of halogens is 1. The van der Waals surface area contributed by atoms with Crippen LogP contribution in [-0.2, 0) is 9.53 Å². The van der Waals surface area contributed by atoms with Crippen molar-refractivity contribution in [2.75, 3.05) is 5.32 Å². The maximum Gasteiger partial charge on any atom is 0.408 e. The van der Waals surface area contributed by atoms with E-state index < -0.39 is 17.7 Å². The Morgan fingerprint density at radius 2 is 2.14 bits per heavy atom. The molecule has 0 spiro atoms. The molecule has 118 valence electrons. The number of hydrogen-bond acceptors (Lipinski definition) is 3. The summed E-state index contributed by atoms with van der Waals surface area (Å²) in [7, 11) is 0. The fraction of sp³-hybridized carbons (Fsp3) is 0.375. The molecule has 2 amide bonds. The number of carbonyl (C=O) groups excluding carboxylic acids is 2. The number of benzene rings is 1. The molecule has 1 aromatic rings. The van der Waals surface area contributed by atoms with E-state index >= 15 is 0 Å². The van der Waals surface area contributed by atoms with Crippen molar-refractivity contribution in [3.05, 3.63) is 34.8 Å². The van der Waals surface area contributed by atoms with Gasteiger partial charge in [0.25, 0.3) is 0 Å². The van der Waals surface area contributed by atoms with E-state index in [0.29, 0.717) is 12.1 Å². The van der Waals surface area contributed by atoms with Crippen molar-refractivity contribution in [3.8, 4) is 0 Å². The van der Waals surface area contributed by atoms with Crippen LogP contribution in [0, 0.1) is 0 Å². The van der Waals surface area contributed by atoms with Gasteiger partial charge in [-0.1, -0.05) is 28.6 Å². The van der Waals surface area contributed by atoms with Crippen molar-refractivity contribution in [3.63, 3.8) is 0 Å². The second-order valence-electron chi connectivity index (χ2n) is 6.19. The van der Waals surface area contributed by atoms with E-state index in [2.05, 4.69) is 33.1 Å². The van der Waals surface area contributed by atoms with E-state index in [9.17, 15) is 9.59 Å². The lowest BCUT2D eigenvalue weighted by Gasteiger charge is -2.22. The molecular formula is C16H19BrN2O3. The minimum Gasteiger partial charge on any atom is -0.444 e. The highest BCUT2D eigenvalue weighted by atomic mass is 79.9. The third-order valence-electron chi connectivity index (χ3n) is 3.08. The Balaban J connectivity index is 2.16. The lowest BCUT2D eigenvalue weighted by molar-refractivity contribution is -0.118. The second-order valence-corrected chi connectivity index (χ2v) is 7.10. The highest BCUT2D eigenvalue weighted by Gasteiger charge is 2.28. The minimum atomic E-state index is -0.714. The molecule has 0 aromatic heterocycles. The van der Waals surface area contributed by atoms with Gasteiger partial charge in [-0.05, 0) is 38.5 Å². The zero-order chi connectivity index (χ0) is 16.5. The lowest BCUT2D eigenvalue weighted by atomic mass is 10.0. The third-order valence-corrected chi connectivity index (χ3v) is 3.57. The fourth-order valence-corrected chi connectivity index (χ4v) is 2.52. The van der Waals surface area contributed by atoms with Gasteiger partial charge in [0.05, 0.1) is 0 Å². The van der Waals surface area contributed by atoms with Crippen LogP contribution in [-0.4, -0.2) is 23.6 Å². The van der Waals surface area contributed by atoms with Crippen LogP contribution < -0.4 is 10.6 Å². The number of rotatable bonds is 1. The number of ether oxygens (including phenoxy) is 1. The Hall–Kier alpha value is -1.82.